The zero-order valence-electron chi connectivity index (χ0n) is 15.8. The number of piperidine rings is 1. The predicted octanol–water partition coefficient (Wildman–Crippen LogP) is 2.25. The van der Waals surface area contributed by atoms with Crippen molar-refractivity contribution in [1.82, 2.24) is 19.8 Å². The number of carbonyl (C=O) groups excluding carboxylic acids is 1. The second-order valence-corrected chi connectivity index (χ2v) is 9.77. The van der Waals surface area contributed by atoms with Gasteiger partial charge in [-0.25, -0.2) is 13.1 Å². The number of likely N-dealkylation sites (tertiary alicyclic amines) is 1. The smallest absolute Gasteiger partial charge is 0.269 e. The molecule has 1 fully saturated rings. The Bertz CT molecular complexity index is 890. The van der Waals surface area contributed by atoms with Gasteiger partial charge in [0.2, 0.25) is 9.47 Å². The van der Waals surface area contributed by atoms with Crippen LogP contribution in [0, 0.1) is 6.92 Å². The van der Waals surface area contributed by atoms with E-state index in [4.69, 9.17) is 0 Å². The van der Waals surface area contributed by atoms with E-state index in [9.17, 15) is 13.2 Å². The molecule has 0 spiro atoms. The first-order valence-electron chi connectivity index (χ1n) is 9.37. The van der Waals surface area contributed by atoms with Crippen molar-refractivity contribution in [3.8, 4) is 0 Å². The van der Waals surface area contributed by atoms with Crippen LogP contribution in [0.4, 0.5) is 5.13 Å². The molecule has 0 radical (unpaired) electrons. The molecule has 0 bridgehead atoms. The predicted molar refractivity (Wildman–Crippen MR) is 109 cm³/mol. The van der Waals surface area contributed by atoms with Gasteiger partial charge < -0.3 is 4.90 Å². The van der Waals surface area contributed by atoms with Gasteiger partial charge in [0, 0.05) is 12.1 Å². The molecule has 0 saturated carbocycles. The maximum atomic E-state index is 12.4. The normalized spacial score (nSPS) is 15.5. The maximum absolute atomic E-state index is 12.4. The van der Waals surface area contributed by atoms with E-state index in [1.165, 1.54) is 19.3 Å². The number of benzene rings is 1. The van der Waals surface area contributed by atoms with Crippen molar-refractivity contribution in [2.24, 2.45) is 0 Å². The molecule has 8 nitrogen and oxygen atoms in total. The summed E-state index contributed by atoms with van der Waals surface area (Å²) in [4.78, 5) is 14.6. The van der Waals surface area contributed by atoms with Gasteiger partial charge in [0.15, 0.2) is 0 Å². The molecule has 3 rings (SSSR count). The van der Waals surface area contributed by atoms with E-state index in [0.29, 0.717) is 12.1 Å². The van der Waals surface area contributed by atoms with Gasteiger partial charge in [-0.2, -0.15) is 0 Å². The standard InChI is InChI=1S/C18H25N5O3S2/c1-14-6-8-15(9-7-14)16(24)20-17-21-22-18(27-17)28(25,26)19-10-5-13-23-11-3-2-4-12-23/h6-9,19H,2-5,10-13H2,1H3,(H,20,21,24). The second-order valence-electron chi connectivity index (χ2n) is 6.85. The van der Waals surface area contributed by atoms with Crippen LogP contribution in [-0.2, 0) is 10.0 Å². The third-order valence-corrected chi connectivity index (χ3v) is 7.23. The Morgan fingerprint density at radius 2 is 1.86 bits per heavy atom. The van der Waals surface area contributed by atoms with Crippen LogP contribution in [-0.4, -0.2) is 55.6 Å². The first-order valence-corrected chi connectivity index (χ1v) is 11.7. The van der Waals surface area contributed by atoms with Crippen molar-refractivity contribution >= 4 is 32.4 Å². The molecule has 2 heterocycles. The van der Waals surface area contributed by atoms with E-state index in [2.05, 4.69) is 25.1 Å². The van der Waals surface area contributed by atoms with E-state index in [-0.39, 0.29) is 15.4 Å². The molecule has 1 aliphatic rings. The summed E-state index contributed by atoms with van der Waals surface area (Å²) in [6, 6.07) is 7.07. The van der Waals surface area contributed by atoms with Crippen molar-refractivity contribution in [3.63, 3.8) is 0 Å². The van der Waals surface area contributed by atoms with E-state index < -0.39 is 10.0 Å². The summed E-state index contributed by atoms with van der Waals surface area (Å²) in [5.41, 5.74) is 1.52. The molecule has 0 atom stereocenters. The van der Waals surface area contributed by atoms with Crippen molar-refractivity contribution in [2.45, 2.75) is 36.9 Å². The summed E-state index contributed by atoms with van der Waals surface area (Å²) in [5, 5.41) is 10.2. The van der Waals surface area contributed by atoms with Gasteiger partial charge in [-0.15, -0.1) is 10.2 Å². The highest BCUT2D eigenvalue weighted by molar-refractivity contribution is 7.91. The van der Waals surface area contributed by atoms with Gasteiger partial charge in [0.05, 0.1) is 0 Å². The van der Waals surface area contributed by atoms with Gasteiger partial charge in [-0.1, -0.05) is 35.5 Å². The van der Waals surface area contributed by atoms with Crippen LogP contribution >= 0.6 is 11.3 Å². The van der Waals surface area contributed by atoms with Crippen LogP contribution in [0.1, 0.15) is 41.6 Å². The number of hydrogen-bond donors (Lipinski definition) is 2. The van der Waals surface area contributed by atoms with Crippen LogP contribution in [0.3, 0.4) is 0 Å². The van der Waals surface area contributed by atoms with E-state index in [1.54, 1.807) is 12.1 Å². The SMILES string of the molecule is Cc1ccc(C(=O)Nc2nnc(S(=O)(=O)NCCCN3CCCCC3)s2)cc1. The van der Waals surface area contributed by atoms with Gasteiger partial charge in [-0.3, -0.25) is 10.1 Å². The number of sulfonamides is 1. The number of carbonyl (C=O) groups is 1. The molecule has 1 aromatic carbocycles. The zero-order chi connectivity index (χ0) is 20.0. The Balaban J connectivity index is 1.50. The molecule has 1 amide bonds. The molecule has 2 N–H and O–H groups in total. The molecule has 28 heavy (non-hydrogen) atoms. The molecule has 152 valence electrons. The number of aryl methyl sites for hydroxylation is 1. The highest BCUT2D eigenvalue weighted by atomic mass is 32.2. The van der Waals surface area contributed by atoms with Crippen LogP contribution in [0.15, 0.2) is 28.6 Å². The van der Waals surface area contributed by atoms with Gasteiger partial charge in [0.1, 0.15) is 0 Å². The Hall–Kier alpha value is -1.88. The number of nitrogens with one attached hydrogen (secondary N) is 2. The van der Waals surface area contributed by atoms with Crippen molar-refractivity contribution in [3.05, 3.63) is 35.4 Å². The summed E-state index contributed by atoms with van der Waals surface area (Å²) >= 11 is 0.837. The average molecular weight is 424 g/mol. The molecule has 0 aliphatic carbocycles. The molecule has 10 heteroatoms. The lowest BCUT2D eigenvalue weighted by Gasteiger charge is -2.26. The summed E-state index contributed by atoms with van der Waals surface area (Å²) in [5.74, 6) is -0.352. The van der Waals surface area contributed by atoms with Gasteiger partial charge >= 0.3 is 0 Å². The van der Waals surface area contributed by atoms with E-state index >= 15 is 0 Å². The highest BCUT2D eigenvalue weighted by Gasteiger charge is 2.21. The third kappa shape index (κ3) is 5.81. The topological polar surface area (TPSA) is 104 Å². The molecular formula is C18H25N5O3S2. The van der Waals surface area contributed by atoms with E-state index in [1.807, 2.05) is 19.1 Å². The number of nitrogens with zero attached hydrogens (tertiary/aromatic N) is 3. The average Bonchev–Trinajstić information content (AvgIpc) is 3.16. The molecule has 1 saturated heterocycles. The van der Waals surface area contributed by atoms with E-state index in [0.717, 1.165) is 43.0 Å². The Labute approximate surface area is 169 Å². The van der Waals surface area contributed by atoms with Crippen molar-refractivity contribution in [1.29, 1.82) is 0 Å². The Kier molecular flexibility index (Phi) is 7.11. The third-order valence-electron chi connectivity index (χ3n) is 4.56. The minimum atomic E-state index is -3.72. The first-order chi connectivity index (χ1) is 13.4. The number of amides is 1. The first kappa shape index (κ1) is 20.8. The molecule has 1 aliphatic heterocycles. The highest BCUT2D eigenvalue weighted by Crippen LogP contribution is 2.20. The monoisotopic (exact) mass is 423 g/mol. The lowest BCUT2D eigenvalue weighted by atomic mass is 10.1. The largest absolute Gasteiger partial charge is 0.303 e. The molecular weight excluding hydrogens is 398 g/mol. The van der Waals surface area contributed by atoms with Crippen molar-refractivity contribution in [2.75, 3.05) is 31.5 Å². The summed E-state index contributed by atoms with van der Waals surface area (Å²) in [6.07, 6.45) is 4.46. The Morgan fingerprint density at radius 1 is 1.14 bits per heavy atom. The minimum absolute atomic E-state index is 0.148. The summed E-state index contributed by atoms with van der Waals surface area (Å²) in [7, 11) is -3.72. The quantitative estimate of drug-likeness (QED) is 0.498. The van der Waals surface area contributed by atoms with Crippen LogP contribution < -0.4 is 10.0 Å². The molecule has 2 aromatic rings. The van der Waals surface area contributed by atoms with Crippen LogP contribution in [0.5, 0.6) is 0 Å². The lowest BCUT2D eigenvalue weighted by Crippen LogP contribution is -2.33. The number of rotatable bonds is 8. The lowest BCUT2D eigenvalue weighted by molar-refractivity contribution is 0.102. The number of hydrogen-bond acceptors (Lipinski definition) is 7. The number of anilines is 1. The Morgan fingerprint density at radius 3 is 2.57 bits per heavy atom. The van der Waals surface area contributed by atoms with Gasteiger partial charge in [-0.05, 0) is 58.0 Å². The van der Waals surface area contributed by atoms with Crippen LogP contribution in [0.2, 0.25) is 0 Å². The summed E-state index contributed by atoms with van der Waals surface area (Å²) < 4.78 is 27.1. The second kappa shape index (κ2) is 9.55. The van der Waals surface area contributed by atoms with Crippen LogP contribution in [0.25, 0.3) is 0 Å². The fraction of sp³-hybridized carbons (Fsp3) is 0.500. The zero-order valence-corrected chi connectivity index (χ0v) is 17.5. The molecule has 0 unspecified atom stereocenters. The van der Waals surface area contributed by atoms with Gasteiger partial charge in [0.25, 0.3) is 15.9 Å². The van der Waals surface area contributed by atoms with Crippen molar-refractivity contribution < 1.29 is 13.2 Å². The fourth-order valence-corrected chi connectivity index (χ4v) is 5.01. The summed E-state index contributed by atoms with van der Waals surface area (Å²) in [6.45, 7) is 5.35. The fourth-order valence-electron chi connectivity index (χ4n) is 3.00. The number of aromatic nitrogens is 2. The maximum Gasteiger partial charge on any atom is 0.269 e. The molecule has 1 aromatic heterocycles. The minimum Gasteiger partial charge on any atom is -0.303 e.